The summed E-state index contributed by atoms with van der Waals surface area (Å²) in [6, 6.07) is 12.0. The Labute approximate surface area is 161 Å². The molecule has 0 aliphatic heterocycles. The molecule has 7 heteroatoms. The number of oxime groups is 1. The van der Waals surface area contributed by atoms with Gasteiger partial charge in [-0.3, -0.25) is 0 Å². The first-order chi connectivity index (χ1) is 12.9. The molecular formula is C20H18ClN3O3. The van der Waals surface area contributed by atoms with Crippen molar-refractivity contribution in [3.05, 3.63) is 64.8 Å². The van der Waals surface area contributed by atoms with E-state index in [2.05, 4.69) is 10.1 Å². The molecule has 0 unspecified atom stereocenters. The van der Waals surface area contributed by atoms with Crippen LogP contribution in [0, 0.1) is 6.92 Å². The van der Waals surface area contributed by atoms with Gasteiger partial charge in [-0.2, -0.15) is 0 Å². The fraction of sp³-hybridized carbons (Fsp3) is 0.100. The summed E-state index contributed by atoms with van der Waals surface area (Å²) in [4.78, 5) is 4.33. The number of nitrogens with zero attached hydrogens (tertiary/aromatic N) is 2. The van der Waals surface area contributed by atoms with E-state index in [4.69, 9.17) is 22.1 Å². The third kappa shape index (κ3) is 3.66. The van der Waals surface area contributed by atoms with Crippen LogP contribution in [0.5, 0.6) is 11.6 Å². The Balaban J connectivity index is 2.43. The smallest absolute Gasteiger partial charge is 0.221 e. The lowest BCUT2D eigenvalue weighted by molar-refractivity contribution is 0.318. The third-order valence-corrected chi connectivity index (χ3v) is 4.33. The standard InChI is InChI=1S/C20H18ClN3O3/c1-11-7-17(20(27-2)23-10-11)18-15(12-3-5-14(25)6-4-12)8-13(21)9-16(18)19(22)24-26/h3-10,25-26H,1-2H3,(H2,22,24). The Morgan fingerprint density at radius 2 is 1.85 bits per heavy atom. The van der Waals surface area contributed by atoms with Crippen LogP contribution < -0.4 is 10.5 Å². The van der Waals surface area contributed by atoms with Crippen LogP contribution in [-0.4, -0.2) is 28.2 Å². The van der Waals surface area contributed by atoms with Crippen LogP contribution in [-0.2, 0) is 0 Å². The molecule has 0 saturated heterocycles. The predicted octanol–water partition coefficient (Wildman–Crippen LogP) is 4.19. The summed E-state index contributed by atoms with van der Waals surface area (Å²) in [5, 5.41) is 22.5. The van der Waals surface area contributed by atoms with Crippen LogP contribution >= 0.6 is 11.6 Å². The normalized spacial score (nSPS) is 11.4. The maximum absolute atomic E-state index is 9.62. The van der Waals surface area contributed by atoms with E-state index in [0.29, 0.717) is 27.6 Å². The second kappa shape index (κ2) is 7.55. The Morgan fingerprint density at radius 1 is 1.15 bits per heavy atom. The van der Waals surface area contributed by atoms with Gasteiger partial charge in [0.05, 0.1) is 7.11 Å². The number of hydrogen-bond donors (Lipinski definition) is 3. The minimum Gasteiger partial charge on any atom is -0.508 e. The average molecular weight is 384 g/mol. The molecule has 1 aromatic heterocycles. The van der Waals surface area contributed by atoms with E-state index in [0.717, 1.165) is 16.7 Å². The molecule has 0 aliphatic carbocycles. The van der Waals surface area contributed by atoms with E-state index in [-0.39, 0.29) is 11.6 Å². The molecule has 3 rings (SSSR count). The van der Waals surface area contributed by atoms with Gasteiger partial charge in [0.1, 0.15) is 5.75 Å². The zero-order valence-electron chi connectivity index (χ0n) is 14.8. The number of methoxy groups -OCH3 is 1. The monoisotopic (exact) mass is 383 g/mol. The van der Waals surface area contributed by atoms with Gasteiger partial charge in [-0.1, -0.05) is 28.9 Å². The highest BCUT2D eigenvalue weighted by molar-refractivity contribution is 6.31. The number of halogens is 1. The zero-order valence-corrected chi connectivity index (χ0v) is 15.5. The summed E-state index contributed by atoms with van der Waals surface area (Å²) in [5.41, 5.74) is 10.2. The van der Waals surface area contributed by atoms with Crippen molar-refractivity contribution in [2.75, 3.05) is 7.11 Å². The SMILES string of the molecule is COc1ncc(C)cc1-c1c(/C(N)=N/O)cc(Cl)cc1-c1ccc(O)cc1. The Morgan fingerprint density at radius 3 is 2.48 bits per heavy atom. The first kappa shape index (κ1) is 18.5. The second-order valence-corrected chi connectivity index (χ2v) is 6.41. The number of aromatic nitrogens is 1. The highest BCUT2D eigenvalue weighted by Gasteiger charge is 2.21. The lowest BCUT2D eigenvalue weighted by Gasteiger charge is -2.18. The van der Waals surface area contributed by atoms with Gasteiger partial charge >= 0.3 is 0 Å². The van der Waals surface area contributed by atoms with Crippen molar-refractivity contribution in [1.82, 2.24) is 4.98 Å². The van der Waals surface area contributed by atoms with Crippen LogP contribution in [0.2, 0.25) is 5.02 Å². The van der Waals surface area contributed by atoms with Gasteiger partial charge in [0, 0.05) is 27.9 Å². The first-order valence-corrected chi connectivity index (χ1v) is 8.44. The number of hydrogen-bond acceptors (Lipinski definition) is 5. The molecule has 2 aromatic carbocycles. The van der Waals surface area contributed by atoms with Gasteiger partial charge < -0.3 is 20.8 Å². The van der Waals surface area contributed by atoms with Crippen LogP contribution in [0.25, 0.3) is 22.3 Å². The number of pyridine rings is 1. The van der Waals surface area contributed by atoms with Crippen molar-refractivity contribution >= 4 is 17.4 Å². The Bertz CT molecular complexity index is 1020. The molecule has 0 spiro atoms. The molecule has 3 aromatic rings. The molecule has 0 bridgehead atoms. The fourth-order valence-electron chi connectivity index (χ4n) is 2.92. The van der Waals surface area contributed by atoms with Crippen molar-refractivity contribution in [3.63, 3.8) is 0 Å². The number of ether oxygens (including phenoxy) is 1. The summed E-state index contributed by atoms with van der Waals surface area (Å²) < 4.78 is 5.44. The maximum atomic E-state index is 9.62. The van der Waals surface area contributed by atoms with Gasteiger partial charge in [-0.15, -0.1) is 0 Å². The number of phenolic OH excluding ortho intramolecular Hbond substituents is 1. The second-order valence-electron chi connectivity index (χ2n) is 5.98. The van der Waals surface area contributed by atoms with Crippen LogP contribution in [0.4, 0.5) is 0 Å². The molecule has 0 saturated carbocycles. The van der Waals surface area contributed by atoms with Crippen LogP contribution in [0.1, 0.15) is 11.1 Å². The minimum atomic E-state index is -0.0870. The number of rotatable bonds is 4. The first-order valence-electron chi connectivity index (χ1n) is 8.06. The highest BCUT2D eigenvalue weighted by atomic mass is 35.5. The van der Waals surface area contributed by atoms with Crippen molar-refractivity contribution < 1.29 is 15.1 Å². The lowest BCUT2D eigenvalue weighted by atomic mass is 9.90. The zero-order chi connectivity index (χ0) is 19.6. The number of benzene rings is 2. The molecule has 1 heterocycles. The van der Waals surface area contributed by atoms with Crippen molar-refractivity contribution in [2.24, 2.45) is 10.9 Å². The minimum absolute atomic E-state index is 0.0870. The molecule has 0 aliphatic rings. The Hall–Kier alpha value is -3.25. The third-order valence-electron chi connectivity index (χ3n) is 4.12. The van der Waals surface area contributed by atoms with E-state index >= 15 is 0 Å². The summed E-state index contributed by atoms with van der Waals surface area (Å²) >= 11 is 6.31. The van der Waals surface area contributed by atoms with Crippen molar-refractivity contribution in [3.8, 4) is 33.9 Å². The number of amidine groups is 1. The highest BCUT2D eigenvalue weighted by Crippen LogP contribution is 2.41. The molecule has 0 radical (unpaired) electrons. The lowest BCUT2D eigenvalue weighted by Crippen LogP contribution is -2.15. The molecule has 0 amide bonds. The van der Waals surface area contributed by atoms with E-state index in [1.165, 1.54) is 7.11 Å². The quantitative estimate of drug-likeness (QED) is 0.271. The number of phenols is 1. The van der Waals surface area contributed by atoms with Gasteiger partial charge in [-0.25, -0.2) is 4.98 Å². The van der Waals surface area contributed by atoms with Crippen molar-refractivity contribution in [2.45, 2.75) is 6.92 Å². The molecule has 138 valence electrons. The van der Waals surface area contributed by atoms with E-state index in [1.54, 1.807) is 42.6 Å². The molecule has 0 atom stereocenters. The molecule has 0 fully saturated rings. The molecular weight excluding hydrogens is 366 g/mol. The topological polar surface area (TPSA) is 101 Å². The number of aromatic hydroxyl groups is 1. The summed E-state index contributed by atoms with van der Waals surface area (Å²) in [7, 11) is 1.53. The van der Waals surface area contributed by atoms with Gasteiger partial charge in [-0.05, 0) is 53.9 Å². The van der Waals surface area contributed by atoms with Gasteiger partial charge in [0.25, 0.3) is 0 Å². The van der Waals surface area contributed by atoms with Gasteiger partial charge in [0.15, 0.2) is 5.84 Å². The summed E-state index contributed by atoms with van der Waals surface area (Å²) in [6.45, 7) is 1.91. The number of nitrogens with two attached hydrogens (primary N) is 1. The Kier molecular flexibility index (Phi) is 5.19. The summed E-state index contributed by atoms with van der Waals surface area (Å²) in [5.74, 6) is 0.458. The van der Waals surface area contributed by atoms with Crippen molar-refractivity contribution in [1.29, 1.82) is 0 Å². The molecule has 6 nitrogen and oxygen atoms in total. The summed E-state index contributed by atoms with van der Waals surface area (Å²) in [6.07, 6.45) is 1.70. The fourth-order valence-corrected chi connectivity index (χ4v) is 3.14. The van der Waals surface area contributed by atoms with Gasteiger partial charge in [0.2, 0.25) is 5.88 Å². The maximum Gasteiger partial charge on any atom is 0.221 e. The largest absolute Gasteiger partial charge is 0.508 e. The van der Waals surface area contributed by atoms with Crippen LogP contribution in [0.3, 0.4) is 0 Å². The van der Waals surface area contributed by atoms with Crippen LogP contribution in [0.15, 0.2) is 53.8 Å². The average Bonchev–Trinajstić information content (AvgIpc) is 2.67. The number of aryl methyl sites for hydroxylation is 1. The van der Waals surface area contributed by atoms with E-state index < -0.39 is 0 Å². The predicted molar refractivity (Wildman–Crippen MR) is 106 cm³/mol. The molecule has 4 N–H and O–H groups in total. The van der Waals surface area contributed by atoms with E-state index in [1.807, 2.05) is 13.0 Å². The molecule has 27 heavy (non-hydrogen) atoms. The van der Waals surface area contributed by atoms with E-state index in [9.17, 15) is 10.3 Å².